The fraction of sp³-hybridized carbons (Fsp3) is 0.222. The Labute approximate surface area is 143 Å². The van der Waals surface area contributed by atoms with E-state index in [0.717, 1.165) is 5.69 Å². The number of fused-ring (bicyclic) bond motifs is 1. The molecule has 2 N–H and O–H groups in total. The smallest absolute Gasteiger partial charge is 0.263 e. The van der Waals surface area contributed by atoms with Gasteiger partial charge in [-0.25, -0.2) is 4.98 Å². The Morgan fingerprint density at radius 1 is 1.20 bits per heavy atom. The highest BCUT2D eigenvalue weighted by Crippen LogP contribution is 2.11. The van der Waals surface area contributed by atoms with E-state index in [1.165, 1.54) is 11.5 Å². The topological polar surface area (TPSA) is 96.8 Å². The minimum absolute atomic E-state index is 0.0405. The largest absolute Gasteiger partial charge is 0.343 e. The van der Waals surface area contributed by atoms with Gasteiger partial charge in [-0.1, -0.05) is 0 Å². The summed E-state index contributed by atoms with van der Waals surface area (Å²) >= 11 is 0. The summed E-state index contributed by atoms with van der Waals surface area (Å²) in [6, 6.07) is 8.32. The van der Waals surface area contributed by atoms with Crippen LogP contribution in [0.4, 0.5) is 5.69 Å². The number of hydrogen-bond donors (Lipinski definition) is 2. The highest BCUT2D eigenvalue weighted by molar-refractivity contribution is 5.95. The number of nitrogens with one attached hydrogen (secondary N) is 2. The average Bonchev–Trinajstić information content (AvgIpc) is 2.92. The third-order valence-corrected chi connectivity index (χ3v) is 3.95. The molecule has 128 valence electrons. The molecule has 25 heavy (non-hydrogen) atoms. The maximum absolute atomic E-state index is 12.6. The van der Waals surface area contributed by atoms with Gasteiger partial charge in [0.15, 0.2) is 5.78 Å². The van der Waals surface area contributed by atoms with Crippen molar-refractivity contribution >= 4 is 28.4 Å². The molecule has 0 aliphatic heterocycles. The second kappa shape index (κ2) is 6.35. The Morgan fingerprint density at radius 3 is 2.52 bits per heavy atom. The SMILES string of the molecule is CC(=O)c1ccc(NC(=O)Cn2c(C)nc3[nH]c(C)cc3c2=O)cc1. The van der Waals surface area contributed by atoms with Crippen LogP contribution in [0.25, 0.3) is 11.0 Å². The highest BCUT2D eigenvalue weighted by Gasteiger charge is 2.13. The lowest BCUT2D eigenvalue weighted by Crippen LogP contribution is -2.30. The van der Waals surface area contributed by atoms with Crippen LogP contribution in [0.15, 0.2) is 35.1 Å². The lowest BCUT2D eigenvalue weighted by atomic mass is 10.1. The first-order valence-electron chi connectivity index (χ1n) is 7.83. The molecule has 0 radical (unpaired) electrons. The number of nitrogens with zero attached hydrogens (tertiary/aromatic N) is 2. The average molecular weight is 338 g/mol. The van der Waals surface area contributed by atoms with Gasteiger partial charge in [0.2, 0.25) is 5.91 Å². The molecule has 1 aromatic carbocycles. The summed E-state index contributed by atoms with van der Waals surface area (Å²) in [6.45, 7) is 4.88. The fourth-order valence-electron chi connectivity index (χ4n) is 2.66. The van der Waals surface area contributed by atoms with Gasteiger partial charge >= 0.3 is 0 Å². The Kier molecular flexibility index (Phi) is 4.22. The van der Waals surface area contributed by atoms with Crippen molar-refractivity contribution in [3.05, 3.63) is 57.8 Å². The number of aromatic amines is 1. The van der Waals surface area contributed by atoms with Gasteiger partial charge in [-0.15, -0.1) is 0 Å². The molecule has 0 spiro atoms. The zero-order valence-electron chi connectivity index (χ0n) is 14.2. The molecule has 7 heteroatoms. The van der Waals surface area contributed by atoms with E-state index in [2.05, 4.69) is 15.3 Å². The van der Waals surface area contributed by atoms with Crippen molar-refractivity contribution < 1.29 is 9.59 Å². The van der Waals surface area contributed by atoms with Gasteiger partial charge in [-0.3, -0.25) is 19.0 Å². The molecule has 0 unspecified atom stereocenters. The predicted octanol–water partition coefficient (Wildman–Crippen LogP) is 2.18. The van der Waals surface area contributed by atoms with E-state index in [0.29, 0.717) is 28.1 Å². The van der Waals surface area contributed by atoms with E-state index >= 15 is 0 Å². The van der Waals surface area contributed by atoms with E-state index in [9.17, 15) is 14.4 Å². The zero-order valence-corrected chi connectivity index (χ0v) is 14.2. The normalized spacial score (nSPS) is 10.8. The van der Waals surface area contributed by atoms with Gasteiger partial charge in [-0.2, -0.15) is 0 Å². The molecule has 0 aliphatic carbocycles. The van der Waals surface area contributed by atoms with Crippen molar-refractivity contribution in [3.8, 4) is 0 Å². The van der Waals surface area contributed by atoms with Crippen molar-refractivity contribution in [1.29, 1.82) is 0 Å². The number of carbonyl (C=O) groups excluding carboxylic acids is 2. The molecule has 7 nitrogen and oxygen atoms in total. The molecule has 0 aliphatic rings. The molecule has 3 rings (SSSR count). The van der Waals surface area contributed by atoms with Gasteiger partial charge in [-0.05, 0) is 51.1 Å². The number of anilines is 1. The molecule has 0 fully saturated rings. The summed E-state index contributed by atoms with van der Waals surface area (Å²) in [5.41, 5.74) is 2.24. The molecular weight excluding hydrogens is 320 g/mol. The first-order chi connectivity index (χ1) is 11.8. The van der Waals surface area contributed by atoms with Crippen LogP contribution in [0.5, 0.6) is 0 Å². The highest BCUT2D eigenvalue weighted by atomic mass is 16.2. The molecule has 1 amide bonds. The Bertz CT molecular complexity index is 1030. The van der Waals surface area contributed by atoms with Gasteiger partial charge in [0, 0.05) is 16.9 Å². The van der Waals surface area contributed by atoms with Crippen LogP contribution in [0.1, 0.15) is 28.8 Å². The van der Waals surface area contributed by atoms with Crippen molar-refractivity contribution in [1.82, 2.24) is 14.5 Å². The van der Waals surface area contributed by atoms with Crippen molar-refractivity contribution in [2.75, 3.05) is 5.32 Å². The van der Waals surface area contributed by atoms with Crippen LogP contribution in [0.2, 0.25) is 0 Å². The number of rotatable bonds is 4. The molecule has 2 heterocycles. The van der Waals surface area contributed by atoms with Crippen molar-refractivity contribution in [2.45, 2.75) is 27.3 Å². The number of amides is 1. The lowest BCUT2D eigenvalue weighted by molar-refractivity contribution is -0.116. The summed E-state index contributed by atoms with van der Waals surface area (Å²) in [6.07, 6.45) is 0. The first kappa shape index (κ1) is 16.6. The summed E-state index contributed by atoms with van der Waals surface area (Å²) in [5, 5.41) is 3.18. The number of aromatic nitrogens is 3. The van der Waals surface area contributed by atoms with Crippen molar-refractivity contribution in [3.63, 3.8) is 0 Å². The van der Waals surface area contributed by atoms with Gasteiger partial charge in [0.25, 0.3) is 5.56 Å². The van der Waals surface area contributed by atoms with Gasteiger partial charge < -0.3 is 10.3 Å². The van der Waals surface area contributed by atoms with E-state index < -0.39 is 0 Å². The van der Waals surface area contributed by atoms with Crippen molar-refractivity contribution in [2.24, 2.45) is 0 Å². The summed E-state index contributed by atoms with van der Waals surface area (Å²) in [5.74, 6) is 0.0804. The molecule has 2 aromatic heterocycles. The summed E-state index contributed by atoms with van der Waals surface area (Å²) < 4.78 is 1.34. The summed E-state index contributed by atoms with van der Waals surface area (Å²) in [4.78, 5) is 43.5. The molecule has 0 atom stereocenters. The van der Waals surface area contributed by atoms with Crippen LogP contribution in [-0.2, 0) is 11.3 Å². The van der Waals surface area contributed by atoms with E-state index in [4.69, 9.17) is 0 Å². The molecule has 0 saturated carbocycles. The Hall–Kier alpha value is -3.22. The van der Waals surface area contributed by atoms with Crippen LogP contribution >= 0.6 is 0 Å². The molecule has 0 saturated heterocycles. The third kappa shape index (κ3) is 3.35. The summed E-state index contributed by atoms with van der Waals surface area (Å²) in [7, 11) is 0. The third-order valence-electron chi connectivity index (χ3n) is 3.95. The van der Waals surface area contributed by atoms with Crippen LogP contribution in [0, 0.1) is 13.8 Å². The second-order valence-electron chi connectivity index (χ2n) is 5.95. The number of ketones is 1. The quantitative estimate of drug-likeness (QED) is 0.713. The molecule has 3 aromatic rings. The van der Waals surface area contributed by atoms with Gasteiger partial charge in [0.05, 0.1) is 5.39 Å². The van der Waals surface area contributed by atoms with Crippen LogP contribution < -0.4 is 10.9 Å². The monoisotopic (exact) mass is 338 g/mol. The van der Waals surface area contributed by atoms with Gasteiger partial charge in [0.1, 0.15) is 18.0 Å². The number of benzene rings is 1. The van der Waals surface area contributed by atoms with E-state index in [1.54, 1.807) is 37.3 Å². The van der Waals surface area contributed by atoms with Crippen LogP contribution in [-0.4, -0.2) is 26.2 Å². The lowest BCUT2D eigenvalue weighted by Gasteiger charge is -2.10. The van der Waals surface area contributed by atoms with Crippen LogP contribution in [0.3, 0.4) is 0 Å². The standard InChI is InChI=1S/C18H18N4O3/c1-10-8-15-17(19-10)20-12(3)22(18(15)25)9-16(24)21-14-6-4-13(5-7-14)11(2)23/h4-8,19H,9H2,1-3H3,(H,21,24). The predicted molar refractivity (Wildman–Crippen MR) is 94.9 cm³/mol. The number of carbonyl (C=O) groups is 2. The first-order valence-corrected chi connectivity index (χ1v) is 7.83. The van der Waals surface area contributed by atoms with E-state index in [1.807, 2.05) is 6.92 Å². The number of aryl methyl sites for hydroxylation is 2. The number of Topliss-reactive ketones (excluding diaryl/α,β-unsaturated/α-hetero) is 1. The minimum atomic E-state index is -0.339. The number of hydrogen-bond acceptors (Lipinski definition) is 4. The Morgan fingerprint density at radius 2 is 1.88 bits per heavy atom. The second-order valence-corrected chi connectivity index (χ2v) is 5.95. The zero-order chi connectivity index (χ0) is 18.1. The Balaban J connectivity index is 1.82. The maximum atomic E-state index is 12.6. The molecular formula is C18H18N4O3. The fourth-order valence-corrected chi connectivity index (χ4v) is 2.66. The van der Waals surface area contributed by atoms with E-state index in [-0.39, 0.29) is 23.8 Å². The maximum Gasteiger partial charge on any atom is 0.263 e. The minimum Gasteiger partial charge on any atom is -0.343 e. The number of H-pyrrole nitrogens is 1. The molecule has 0 bridgehead atoms.